The maximum atomic E-state index is 14.0. The molecule has 7 heteroatoms. The van der Waals surface area contributed by atoms with E-state index in [-0.39, 0.29) is 12.5 Å². The Kier molecular flexibility index (Phi) is 7.45. The molecular weight excluding hydrogens is 478 g/mol. The summed E-state index contributed by atoms with van der Waals surface area (Å²) < 4.78 is 13.5. The minimum Gasteiger partial charge on any atom is -0.489 e. The van der Waals surface area contributed by atoms with E-state index in [4.69, 9.17) is 14.5 Å². The van der Waals surface area contributed by atoms with Crippen LogP contribution < -0.4 is 9.64 Å². The highest BCUT2D eigenvalue weighted by molar-refractivity contribution is 6.08. The van der Waals surface area contributed by atoms with E-state index in [1.165, 1.54) is 0 Å². The maximum absolute atomic E-state index is 14.0. The second-order valence-electron chi connectivity index (χ2n) is 9.96. The van der Waals surface area contributed by atoms with E-state index in [0.717, 1.165) is 28.6 Å². The van der Waals surface area contributed by atoms with Gasteiger partial charge in [0.2, 0.25) is 11.9 Å². The smallest absolute Gasteiger partial charge is 0.321 e. The van der Waals surface area contributed by atoms with Gasteiger partial charge in [-0.15, -0.1) is 0 Å². The van der Waals surface area contributed by atoms with E-state index in [2.05, 4.69) is 13.8 Å². The Morgan fingerprint density at radius 1 is 0.974 bits per heavy atom. The predicted molar refractivity (Wildman–Crippen MR) is 147 cm³/mol. The standard InChI is InChI=1S/C31H33N3O4/c1-4-37-30(36)27-28(23-14-16-24(17-15-23)38-20-22-10-6-5-7-11-22)34-26-13-9-8-12-25(26)32-31(34)33(29(27)35)19-18-21(2)3/h5-17,21,27-28H,4,18-20H2,1-3H3/t27-,28+/m0/s1. The third kappa shape index (κ3) is 5.01. The van der Waals surface area contributed by atoms with Gasteiger partial charge in [-0.3, -0.25) is 14.5 Å². The Bertz CT molecular complexity index is 1410. The molecule has 38 heavy (non-hydrogen) atoms. The van der Waals surface area contributed by atoms with Crippen molar-refractivity contribution in [3.63, 3.8) is 0 Å². The van der Waals surface area contributed by atoms with Crippen LogP contribution in [-0.4, -0.2) is 34.6 Å². The van der Waals surface area contributed by atoms with Crippen molar-refractivity contribution in [1.82, 2.24) is 9.55 Å². The van der Waals surface area contributed by atoms with Crippen molar-refractivity contribution in [2.24, 2.45) is 11.8 Å². The predicted octanol–water partition coefficient (Wildman–Crippen LogP) is 5.78. The lowest BCUT2D eigenvalue weighted by Gasteiger charge is -2.38. The van der Waals surface area contributed by atoms with Crippen molar-refractivity contribution in [2.45, 2.75) is 39.8 Å². The number of carbonyl (C=O) groups excluding carboxylic acids is 2. The Hall–Kier alpha value is -4.13. The average molecular weight is 512 g/mol. The van der Waals surface area contributed by atoms with Crippen LogP contribution in [0.3, 0.4) is 0 Å². The summed E-state index contributed by atoms with van der Waals surface area (Å²) in [6.45, 7) is 7.12. The molecule has 1 amide bonds. The van der Waals surface area contributed by atoms with Crippen molar-refractivity contribution in [2.75, 3.05) is 18.1 Å². The van der Waals surface area contributed by atoms with Gasteiger partial charge in [0.25, 0.3) is 0 Å². The third-order valence-electron chi connectivity index (χ3n) is 6.89. The first-order valence-corrected chi connectivity index (χ1v) is 13.2. The first-order chi connectivity index (χ1) is 18.5. The van der Waals surface area contributed by atoms with Crippen LogP contribution in [0.4, 0.5) is 5.95 Å². The molecule has 0 bridgehead atoms. The Labute approximate surface area is 223 Å². The normalized spacial score (nSPS) is 17.1. The zero-order valence-corrected chi connectivity index (χ0v) is 22.0. The number of hydrogen-bond acceptors (Lipinski definition) is 5. The molecule has 0 N–H and O–H groups in total. The fourth-order valence-corrected chi connectivity index (χ4v) is 4.95. The number of benzene rings is 3. The van der Waals surface area contributed by atoms with Crippen LogP contribution in [0.25, 0.3) is 11.0 Å². The molecule has 2 atom stereocenters. The van der Waals surface area contributed by atoms with Crippen molar-refractivity contribution in [3.05, 3.63) is 90.0 Å². The van der Waals surface area contributed by atoms with Gasteiger partial charge in [-0.05, 0) is 54.7 Å². The zero-order chi connectivity index (χ0) is 26.6. The number of anilines is 1. The van der Waals surface area contributed by atoms with Gasteiger partial charge in [0.05, 0.1) is 23.7 Å². The van der Waals surface area contributed by atoms with Gasteiger partial charge in [-0.25, -0.2) is 4.98 Å². The number of fused-ring (bicyclic) bond motifs is 3. The van der Waals surface area contributed by atoms with Crippen LogP contribution in [0.1, 0.15) is 44.4 Å². The molecule has 0 unspecified atom stereocenters. The molecule has 4 aromatic rings. The minimum atomic E-state index is -1.02. The number of ether oxygens (including phenoxy) is 2. The second-order valence-corrected chi connectivity index (χ2v) is 9.96. The van der Waals surface area contributed by atoms with Gasteiger partial charge >= 0.3 is 5.97 Å². The topological polar surface area (TPSA) is 73.7 Å². The largest absolute Gasteiger partial charge is 0.489 e. The van der Waals surface area contributed by atoms with Crippen LogP contribution in [-0.2, 0) is 20.9 Å². The van der Waals surface area contributed by atoms with Crippen LogP contribution in [0.15, 0.2) is 78.9 Å². The summed E-state index contributed by atoms with van der Waals surface area (Å²) in [5, 5.41) is 0. The summed E-state index contributed by atoms with van der Waals surface area (Å²) in [6.07, 6.45) is 0.794. The number of rotatable bonds is 9. The number of hydrogen-bond donors (Lipinski definition) is 0. The minimum absolute atomic E-state index is 0.200. The summed E-state index contributed by atoms with van der Waals surface area (Å²) in [5.74, 6) is -0.161. The maximum Gasteiger partial charge on any atom is 0.321 e. The van der Waals surface area contributed by atoms with E-state index in [0.29, 0.717) is 30.8 Å². The first-order valence-electron chi connectivity index (χ1n) is 13.2. The fourth-order valence-electron chi connectivity index (χ4n) is 4.95. The van der Waals surface area contributed by atoms with Gasteiger partial charge < -0.3 is 14.0 Å². The molecule has 2 heterocycles. The van der Waals surface area contributed by atoms with Crippen LogP contribution in [0, 0.1) is 11.8 Å². The molecule has 0 radical (unpaired) electrons. The summed E-state index contributed by atoms with van der Waals surface area (Å²) in [6, 6.07) is 24.8. The highest BCUT2D eigenvalue weighted by Gasteiger charge is 2.47. The summed E-state index contributed by atoms with van der Waals surface area (Å²) in [5.41, 5.74) is 3.54. The van der Waals surface area contributed by atoms with Gasteiger partial charge in [0.1, 0.15) is 12.4 Å². The fraction of sp³-hybridized carbons (Fsp3) is 0.323. The molecule has 1 aromatic heterocycles. The highest BCUT2D eigenvalue weighted by atomic mass is 16.5. The number of esters is 1. The molecule has 0 saturated carbocycles. The molecule has 7 nitrogen and oxygen atoms in total. The average Bonchev–Trinajstić information content (AvgIpc) is 3.31. The van der Waals surface area contributed by atoms with Crippen molar-refractivity contribution >= 4 is 28.9 Å². The Morgan fingerprint density at radius 3 is 2.39 bits per heavy atom. The van der Waals surface area contributed by atoms with E-state index in [9.17, 15) is 9.59 Å². The highest BCUT2D eigenvalue weighted by Crippen LogP contribution is 2.41. The summed E-state index contributed by atoms with van der Waals surface area (Å²) >= 11 is 0. The Balaban J connectivity index is 1.56. The van der Waals surface area contributed by atoms with Crippen molar-refractivity contribution in [1.29, 1.82) is 0 Å². The van der Waals surface area contributed by atoms with E-state index in [1.54, 1.807) is 11.8 Å². The molecule has 3 aromatic carbocycles. The quantitative estimate of drug-likeness (QED) is 0.210. The summed E-state index contributed by atoms with van der Waals surface area (Å²) in [4.78, 5) is 33.8. The molecule has 1 aliphatic heterocycles. The zero-order valence-electron chi connectivity index (χ0n) is 22.0. The van der Waals surface area contributed by atoms with Crippen LogP contribution in [0.5, 0.6) is 5.75 Å². The number of nitrogens with zero attached hydrogens (tertiary/aromatic N) is 3. The molecule has 0 spiro atoms. The van der Waals surface area contributed by atoms with Gasteiger partial charge in [0, 0.05) is 6.54 Å². The number of amides is 1. The molecule has 196 valence electrons. The van der Waals surface area contributed by atoms with Gasteiger partial charge in [0.15, 0.2) is 5.92 Å². The number of imidazole rings is 1. The van der Waals surface area contributed by atoms with E-state index in [1.807, 2.05) is 83.4 Å². The number of aromatic nitrogens is 2. The molecule has 0 aliphatic carbocycles. The number of carbonyl (C=O) groups is 2. The molecule has 1 aliphatic rings. The SMILES string of the molecule is CCOC(=O)[C@@H]1C(=O)N(CCC(C)C)c2nc3ccccc3n2[C@@H]1c1ccc(OCc2ccccc2)cc1. The monoisotopic (exact) mass is 511 g/mol. The Morgan fingerprint density at radius 2 is 1.68 bits per heavy atom. The van der Waals surface area contributed by atoms with E-state index >= 15 is 0 Å². The second kappa shape index (κ2) is 11.1. The van der Waals surface area contributed by atoms with Crippen LogP contribution in [0.2, 0.25) is 0 Å². The van der Waals surface area contributed by atoms with E-state index < -0.39 is 17.9 Å². The van der Waals surface area contributed by atoms with Crippen molar-refractivity contribution < 1.29 is 19.1 Å². The van der Waals surface area contributed by atoms with Gasteiger partial charge in [-0.2, -0.15) is 0 Å². The molecule has 5 rings (SSSR count). The lowest BCUT2D eigenvalue weighted by Crippen LogP contribution is -2.50. The summed E-state index contributed by atoms with van der Waals surface area (Å²) in [7, 11) is 0. The van der Waals surface area contributed by atoms with Gasteiger partial charge in [-0.1, -0.05) is 68.4 Å². The molecular formula is C31H33N3O4. The number of para-hydroxylation sites is 2. The lowest BCUT2D eigenvalue weighted by molar-refractivity contribution is -0.153. The lowest BCUT2D eigenvalue weighted by atomic mass is 9.89. The third-order valence-corrected chi connectivity index (χ3v) is 6.89. The first kappa shape index (κ1) is 25.5. The van der Waals surface area contributed by atoms with Crippen LogP contribution >= 0.6 is 0 Å². The van der Waals surface area contributed by atoms with Crippen molar-refractivity contribution in [3.8, 4) is 5.75 Å². The molecule has 0 saturated heterocycles. The molecule has 0 fully saturated rings.